The topological polar surface area (TPSA) is 17.1 Å². The van der Waals surface area contributed by atoms with Crippen LogP contribution in [0.5, 0.6) is 0 Å². The summed E-state index contributed by atoms with van der Waals surface area (Å²) < 4.78 is 0. The maximum absolute atomic E-state index is 9.17. The van der Waals surface area contributed by atoms with Crippen LogP contribution in [-0.4, -0.2) is 6.29 Å². The average molecular weight is 296 g/mol. The molecule has 0 saturated heterocycles. The Morgan fingerprint density at radius 2 is 1.59 bits per heavy atom. The van der Waals surface area contributed by atoms with Gasteiger partial charge in [-0.3, -0.25) is 0 Å². The van der Waals surface area contributed by atoms with Crippen molar-refractivity contribution in [3.63, 3.8) is 0 Å². The fraction of sp³-hybridized carbons (Fsp3) is 0.462. The predicted octanol–water partition coefficient (Wildman–Crippen LogP) is 5.54. The van der Waals surface area contributed by atoms with E-state index in [0.29, 0.717) is 21.5 Å². The maximum atomic E-state index is 9.17. The van der Waals surface area contributed by atoms with Crippen molar-refractivity contribution in [2.45, 2.75) is 39.5 Å². The highest BCUT2D eigenvalue weighted by atomic mass is 35.5. The van der Waals surface area contributed by atoms with Crippen LogP contribution >= 0.6 is 34.8 Å². The van der Waals surface area contributed by atoms with Gasteiger partial charge >= 0.3 is 0 Å². The molecule has 0 unspecified atom stereocenters. The second-order valence-corrected chi connectivity index (χ2v) is 5.71. The lowest BCUT2D eigenvalue weighted by Crippen LogP contribution is -2.11. The van der Waals surface area contributed by atoms with E-state index in [1.54, 1.807) is 6.07 Å². The molecule has 96 valence electrons. The molecule has 0 heterocycles. The summed E-state index contributed by atoms with van der Waals surface area (Å²) >= 11 is 17.8. The summed E-state index contributed by atoms with van der Waals surface area (Å²) in [7, 11) is 0. The number of halogens is 3. The fourth-order valence-electron chi connectivity index (χ4n) is 1.11. The Kier molecular flexibility index (Phi) is 7.15. The Bertz CT molecular complexity index is 381. The smallest absolute Gasteiger partial charge is 0.119 e. The molecule has 0 N–H and O–H groups in total. The van der Waals surface area contributed by atoms with Crippen molar-refractivity contribution in [1.82, 2.24) is 0 Å². The molecular weight excluding hydrogens is 279 g/mol. The van der Waals surface area contributed by atoms with Crippen LogP contribution in [0.4, 0.5) is 0 Å². The van der Waals surface area contributed by atoms with E-state index in [9.17, 15) is 4.79 Å². The monoisotopic (exact) mass is 294 g/mol. The number of benzene rings is 1. The first kappa shape index (κ1) is 16.8. The second kappa shape index (κ2) is 7.25. The van der Waals surface area contributed by atoms with Crippen LogP contribution in [0, 0.1) is 0 Å². The molecule has 0 fully saturated rings. The highest BCUT2D eigenvalue weighted by Gasteiger charge is 2.19. The predicted molar refractivity (Wildman–Crippen MR) is 76.5 cm³/mol. The van der Waals surface area contributed by atoms with Crippen LogP contribution in [0.15, 0.2) is 12.1 Å². The molecule has 1 rings (SSSR count). The number of hydrogen-bond acceptors (Lipinski definition) is 1. The Morgan fingerprint density at radius 1 is 1.12 bits per heavy atom. The zero-order valence-electron chi connectivity index (χ0n) is 10.5. The molecule has 17 heavy (non-hydrogen) atoms. The van der Waals surface area contributed by atoms with E-state index in [1.807, 2.05) is 13.0 Å². The molecule has 0 radical (unpaired) electrons. The van der Waals surface area contributed by atoms with Crippen molar-refractivity contribution < 1.29 is 4.79 Å². The van der Waals surface area contributed by atoms with Gasteiger partial charge < -0.3 is 4.79 Å². The molecule has 0 bridgehead atoms. The van der Waals surface area contributed by atoms with Gasteiger partial charge in [0.2, 0.25) is 0 Å². The molecular formula is C13H17Cl3O. The first-order valence-corrected chi connectivity index (χ1v) is 6.46. The third-order valence-electron chi connectivity index (χ3n) is 2.01. The summed E-state index contributed by atoms with van der Waals surface area (Å²) in [4.78, 5) is 9.17. The van der Waals surface area contributed by atoms with Crippen molar-refractivity contribution in [1.29, 1.82) is 0 Å². The van der Waals surface area contributed by atoms with Crippen molar-refractivity contribution >= 4 is 41.1 Å². The van der Waals surface area contributed by atoms with Gasteiger partial charge in [-0.25, -0.2) is 0 Å². The second-order valence-electron chi connectivity index (χ2n) is 4.55. The third kappa shape index (κ3) is 5.29. The molecule has 1 aromatic carbocycles. The fourth-order valence-corrected chi connectivity index (χ4v) is 1.92. The van der Waals surface area contributed by atoms with Gasteiger partial charge in [-0.15, -0.1) is 0 Å². The summed E-state index contributed by atoms with van der Waals surface area (Å²) in [6, 6.07) is 3.69. The molecule has 4 heteroatoms. The summed E-state index contributed by atoms with van der Waals surface area (Å²) in [6.07, 6.45) is 1.51. The molecule has 0 aliphatic rings. The minimum absolute atomic E-state index is 0.00862. The average Bonchev–Trinajstić information content (AvgIpc) is 2.24. The lowest BCUT2D eigenvalue weighted by atomic mass is 9.87. The quantitative estimate of drug-likeness (QED) is 0.491. The summed E-state index contributed by atoms with van der Waals surface area (Å²) in [5.74, 6) is 0. The van der Waals surface area contributed by atoms with Gasteiger partial charge in [-0.05, 0) is 17.0 Å². The number of aldehydes is 1. The van der Waals surface area contributed by atoms with Gasteiger partial charge in [0.25, 0.3) is 0 Å². The van der Waals surface area contributed by atoms with E-state index in [4.69, 9.17) is 34.8 Å². The minimum Gasteiger partial charge on any atom is -0.303 e. The van der Waals surface area contributed by atoms with Gasteiger partial charge in [0.05, 0.1) is 15.1 Å². The zero-order chi connectivity index (χ0) is 13.6. The van der Waals surface area contributed by atoms with Crippen LogP contribution in [0.3, 0.4) is 0 Å². The molecule has 1 nitrogen and oxygen atoms in total. The van der Waals surface area contributed by atoms with Gasteiger partial charge in [0, 0.05) is 6.42 Å². The van der Waals surface area contributed by atoms with Crippen molar-refractivity contribution in [2.75, 3.05) is 0 Å². The van der Waals surface area contributed by atoms with E-state index in [-0.39, 0.29) is 5.41 Å². The molecule has 0 aromatic heterocycles. The maximum Gasteiger partial charge on any atom is 0.119 e. The Morgan fingerprint density at radius 3 is 1.94 bits per heavy atom. The van der Waals surface area contributed by atoms with Crippen LogP contribution < -0.4 is 0 Å². The lowest BCUT2D eigenvalue weighted by molar-refractivity contribution is -0.107. The first-order chi connectivity index (χ1) is 7.75. The molecule has 0 aliphatic carbocycles. The molecule has 0 saturated carbocycles. The van der Waals surface area contributed by atoms with E-state index >= 15 is 0 Å². The summed E-state index contributed by atoms with van der Waals surface area (Å²) in [6.45, 7) is 8.06. The highest BCUT2D eigenvalue weighted by Crippen LogP contribution is 2.37. The minimum atomic E-state index is -0.00862. The molecule has 0 atom stereocenters. The number of carbonyl (C=O) groups is 1. The van der Waals surface area contributed by atoms with Crippen LogP contribution in [0.1, 0.15) is 39.7 Å². The normalized spacial score (nSPS) is 10.5. The van der Waals surface area contributed by atoms with E-state index < -0.39 is 0 Å². The van der Waals surface area contributed by atoms with Crippen LogP contribution in [0.2, 0.25) is 15.1 Å². The third-order valence-corrected chi connectivity index (χ3v) is 3.30. The Hall–Kier alpha value is -0.240. The van der Waals surface area contributed by atoms with Gasteiger partial charge in [0.15, 0.2) is 0 Å². The SMILES string of the molecule is CC(C)(C)c1ccc(Cl)c(Cl)c1Cl.CCC=O. The Labute approximate surface area is 118 Å². The van der Waals surface area contributed by atoms with E-state index in [0.717, 1.165) is 11.8 Å². The molecule has 1 aromatic rings. The lowest BCUT2D eigenvalue weighted by Gasteiger charge is -2.21. The van der Waals surface area contributed by atoms with Gasteiger partial charge in [-0.2, -0.15) is 0 Å². The summed E-state index contributed by atoms with van der Waals surface area (Å²) in [5.41, 5.74) is 1.01. The van der Waals surface area contributed by atoms with E-state index in [2.05, 4.69) is 20.8 Å². The first-order valence-electron chi connectivity index (χ1n) is 5.33. The zero-order valence-corrected chi connectivity index (χ0v) is 12.7. The van der Waals surface area contributed by atoms with Crippen LogP contribution in [0.25, 0.3) is 0 Å². The standard InChI is InChI=1S/C10H11Cl3.C3H6O/c1-10(2,3)6-4-5-7(11)9(13)8(6)12;1-2-3-4/h4-5H,1-3H3;3H,2H2,1H3. The largest absolute Gasteiger partial charge is 0.303 e. The highest BCUT2D eigenvalue weighted by molar-refractivity contribution is 6.48. The number of rotatable bonds is 1. The van der Waals surface area contributed by atoms with Crippen LogP contribution in [-0.2, 0) is 10.2 Å². The van der Waals surface area contributed by atoms with Crippen molar-refractivity contribution in [2.24, 2.45) is 0 Å². The van der Waals surface area contributed by atoms with Gasteiger partial charge in [0.1, 0.15) is 6.29 Å². The Balaban J connectivity index is 0.000000557. The summed E-state index contributed by atoms with van der Waals surface area (Å²) in [5, 5.41) is 1.50. The van der Waals surface area contributed by atoms with Crippen molar-refractivity contribution in [3.05, 3.63) is 32.8 Å². The van der Waals surface area contributed by atoms with Gasteiger partial charge in [-0.1, -0.05) is 68.6 Å². The van der Waals surface area contributed by atoms with E-state index in [1.165, 1.54) is 0 Å². The molecule has 0 spiro atoms. The number of carbonyl (C=O) groups excluding carboxylic acids is 1. The number of hydrogen-bond donors (Lipinski definition) is 0. The molecule has 0 amide bonds. The molecule has 0 aliphatic heterocycles. The van der Waals surface area contributed by atoms with Crippen molar-refractivity contribution in [3.8, 4) is 0 Å².